The average molecular weight is 285 g/mol. The predicted octanol–water partition coefficient (Wildman–Crippen LogP) is 1.32. The van der Waals surface area contributed by atoms with Crippen LogP contribution >= 0.6 is 11.8 Å². The van der Waals surface area contributed by atoms with Crippen molar-refractivity contribution in [3.05, 3.63) is 28.3 Å². The van der Waals surface area contributed by atoms with Gasteiger partial charge in [-0.25, -0.2) is 0 Å². The van der Waals surface area contributed by atoms with E-state index in [1.807, 2.05) is 6.26 Å². The van der Waals surface area contributed by atoms with Gasteiger partial charge >= 0.3 is 0 Å². The van der Waals surface area contributed by atoms with Crippen molar-refractivity contribution >= 4 is 29.0 Å². The van der Waals surface area contributed by atoms with E-state index in [4.69, 9.17) is 5.73 Å². The third-order valence-corrected chi connectivity index (χ3v) is 3.06. The lowest BCUT2D eigenvalue weighted by Gasteiger charge is -2.12. The van der Waals surface area contributed by atoms with Crippen LogP contribution in [0.4, 0.5) is 11.4 Å². The summed E-state index contributed by atoms with van der Waals surface area (Å²) in [5.74, 6) is 0.0102. The second kappa shape index (κ2) is 6.95. The molecule has 0 aromatic heterocycles. The Balaban J connectivity index is 2.78. The summed E-state index contributed by atoms with van der Waals surface area (Å²) < 4.78 is 0. The number of aromatic hydroxyl groups is 1. The molecule has 0 bridgehead atoms. The van der Waals surface area contributed by atoms with E-state index in [1.54, 1.807) is 11.8 Å². The number of nitrogens with zero attached hydrogens (tertiary/aromatic N) is 1. The minimum atomic E-state index is -0.717. The number of rotatable bonds is 6. The monoisotopic (exact) mass is 285 g/mol. The van der Waals surface area contributed by atoms with Crippen molar-refractivity contribution in [2.45, 2.75) is 12.5 Å². The lowest BCUT2D eigenvalue weighted by atomic mass is 10.2. The number of nitro groups is 1. The van der Waals surface area contributed by atoms with Crippen LogP contribution in [0, 0.1) is 10.1 Å². The summed E-state index contributed by atoms with van der Waals surface area (Å²) in [6, 6.07) is 2.68. The molecule has 7 nitrogen and oxygen atoms in total. The molecule has 4 N–H and O–H groups in total. The molecule has 0 aliphatic heterocycles. The number of non-ortho nitro benzene ring substituents is 1. The molecule has 0 radical (unpaired) electrons. The van der Waals surface area contributed by atoms with Gasteiger partial charge in [-0.2, -0.15) is 11.8 Å². The van der Waals surface area contributed by atoms with E-state index in [-0.39, 0.29) is 17.1 Å². The Labute approximate surface area is 114 Å². The van der Waals surface area contributed by atoms with Gasteiger partial charge in [0.25, 0.3) is 5.69 Å². The quantitative estimate of drug-likeness (QED) is 0.412. The molecule has 0 spiro atoms. The average Bonchev–Trinajstić information content (AvgIpc) is 2.38. The molecule has 1 amide bonds. The lowest BCUT2D eigenvalue weighted by molar-refractivity contribution is -0.384. The number of nitro benzene ring substituents is 1. The molecule has 19 heavy (non-hydrogen) atoms. The van der Waals surface area contributed by atoms with Gasteiger partial charge in [0.2, 0.25) is 5.91 Å². The van der Waals surface area contributed by atoms with Crippen LogP contribution in [-0.4, -0.2) is 34.0 Å². The third kappa shape index (κ3) is 4.42. The van der Waals surface area contributed by atoms with Crippen LogP contribution in [0.1, 0.15) is 6.42 Å². The van der Waals surface area contributed by atoms with Crippen molar-refractivity contribution in [1.82, 2.24) is 0 Å². The topological polar surface area (TPSA) is 118 Å². The first-order valence-electron chi connectivity index (χ1n) is 5.48. The number of amides is 1. The Morgan fingerprint density at radius 2 is 2.32 bits per heavy atom. The van der Waals surface area contributed by atoms with Crippen LogP contribution in [0.2, 0.25) is 0 Å². The Bertz CT molecular complexity index is 481. The zero-order chi connectivity index (χ0) is 14.4. The maximum atomic E-state index is 11.7. The number of hydrogen-bond acceptors (Lipinski definition) is 6. The predicted molar refractivity (Wildman–Crippen MR) is 74.4 cm³/mol. The highest BCUT2D eigenvalue weighted by atomic mass is 32.2. The molecule has 104 valence electrons. The van der Waals surface area contributed by atoms with E-state index in [2.05, 4.69) is 5.32 Å². The third-order valence-electron chi connectivity index (χ3n) is 2.42. The van der Waals surface area contributed by atoms with Crippen molar-refractivity contribution in [2.75, 3.05) is 17.3 Å². The molecule has 1 rings (SSSR count). The lowest BCUT2D eigenvalue weighted by Crippen LogP contribution is -2.36. The summed E-state index contributed by atoms with van der Waals surface area (Å²) in [6.45, 7) is 0. The molecule has 0 aliphatic rings. The van der Waals surface area contributed by atoms with E-state index >= 15 is 0 Å². The van der Waals surface area contributed by atoms with Crippen molar-refractivity contribution in [2.24, 2.45) is 5.73 Å². The maximum Gasteiger partial charge on any atom is 0.271 e. The number of phenols is 1. The zero-order valence-electron chi connectivity index (χ0n) is 10.3. The maximum absolute atomic E-state index is 11.7. The van der Waals surface area contributed by atoms with Gasteiger partial charge in [-0.1, -0.05) is 0 Å². The number of nitrogens with one attached hydrogen (secondary N) is 1. The van der Waals surface area contributed by atoms with Gasteiger partial charge < -0.3 is 16.2 Å². The Morgan fingerprint density at radius 3 is 2.89 bits per heavy atom. The minimum absolute atomic E-state index is 0.0150. The van der Waals surface area contributed by atoms with Crippen LogP contribution in [-0.2, 0) is 4.79 Å². The van der Waals surface area contributed by atoms with Gasteiger partial charge in [-0.15, -0.1) is 0 Å². The van der Waals surface area contributed by atoms with Gasteiger partial charge in [0, 0.05) is 12.1 Å². The Kier molecular flexibility index (Phi) is 5.58. The van der Waals surface area contributed by atoms with Crippen molar-refractivity contribution < 1.29 is 14.8 Å². The highest BCUT2D eigenvalue weighted by molar-refractivity contribution is 7.98. The molecule has 1 atom stereocenters. The highest BCUT2D eigenvalue weighted by Gasteiger charge is 2.17. The second-order valence-electron chi connectivity index (χ2n) is 3.84. The number of anilines is 1. The number of nitrogens with two attached hydrogens (primary N) is 1. The Morgan fingerprint density at radius 1 is 1.63 bits per heavy atom. The van der Waals surface area contributed by atoms with Crippen LogP contribution in [0.5, 0.6) is 5.75 Å². The summed E-state index contributed by atoms with van der Waals surface area (Å²) in [6.07, 6.45) is 2.39. The molecule has 8 heteroatoms. The van der Waals surface area contributed by atoms with Gasteiger partial charge in [0.15, 0.2) is 0 Å². The molecule has 0 heterocycles. The van der Waals surface area contributed by atoms with E-state index in [1.165, 1.54) is 0 Å². The van der Waals surface area contributed by atoms with E-state index in [0.717, 1.165) is 24.0 Å². The molecular formula is C11H15N3O4S. The highest BCUT2D eigenvalue weighted by Crippen LogP contribution is 2.27. The summed E-state index contributed by atoms with van der Waals surface area (Å²) >= 11 is 1.56. The number of benzene rings is 1. The van der Waals surface area contributed by atoms with Gasteiger partial charge in [0.1, 0.15) is 5.75 Å². The van der Waals surface area contributed by atoms with E-state index < -0.39 is 16.9 Å². The number of hydrogen-bond donors (Lipinski definition) is 3. The summed E-state index contributed by atoms with van der Waals surface area (Å²) in [4.78, 5) is 21.7. The molecule has 0 fully saturated rings. The fourth-order valence-corrected chi connectivity index (χ4v) is 1.83. The molecule has 0 saturated heterocycles. The summed E-state index contributed by atoms with van der Waals surface area (Å²) in [5, 5.41) is 22.5. The first-order valence-corrected chi connectivity index (χ1v) is 6.88. The molecule has 0 aliphatic carbocycles. The van der Waals surface area contributed by atoms with Crippen molar-refractivity contribution in [3.63, 3.8) is 0 Å². The fourth-order valence-electron chi connectivity index (χ4n) is 1.34. The number of carbonyl (C=O) groups is 1. The largest absolute Gasteiger partial charge is 0.506 e. The van der Waals surface area contributed by atoms with E-state index in [9.17, 15) is 20.0 Å². The van der Waals surface area contributed by atoms with Crippen LogP contribution < -0.4 is 11.1 Å². The molecule has 0 saturated carbocycles. The molecule has 1 aromatic carbocycles. The summed E-state index contributed by atoms with van der Waals surface area (Å²) in [5.41, 5.74) is 5.43. The molecular weight excluding hydrogens is 270 g/mol. The zero-order valence-corrected chi connectivity index (χ0v) is 11.1. The van der Waals surface area contributed by atoms with Gasteiger partial charge in [0.05, 0.1) is 16.7 Å². The van der Waals surface area contributed by atoms with Crippen LogP contribution in [0.15, 0.2) is 18.2 Å². The number of thioether (sulfide) groups is 1. The van der Waals surface area contributed by atoms with Crippen LogP contribution in [0.25, 0.3) is 0 Å². The first kappa shape index (κ1) is 15.3. The summed E-state index contributed by atoms with van der Waals surface area (Å²) in [7, 11) is 0. The minimum Gasteiger partial charge on any atom is -0.506 e. The molecule has 1 aromatic rings. The van der Waals surface area contributed by atoms with Crippen LogP contribution in [0.3, 0.4) is 0 Å². The van der Waals surface area contributed by atoms with Gasteiger partial charge in [-0.05, 0) is 24.5 Å². The normalized spacial score (nSPS) is 11.9. The molecule has 0 unspecified atom stereocenters. The van der Waals surface area contributed by atoms with Gasteiger partial charge in [-0.3, -0.25) is 14.9 Å². The SMILES string of the molecule is CSCC[C@H](N)C(=O)Nc1cc([N+](=O)[O-])ccc1O. The van der Waals surface area contributed by atoms with Crippen molar-refractivity contribution in [3.8, 4) is 5.75 Å². The first-order chi connectivity index (χ1) is 8.95. The number of carbonyl (C=O) groups excluding carboxylic acids is 1. The van der Waals surface area contributed by atoms with E-state index in [0.29, 0.717) is 6.42 Å². The fraction of sp³-hybridized carbons (Fsp3) is 0.364. The Hall–Kier alpha value is -1.80. The van der Waals surface area contributed by atoms with Crippen molar-refractivity contribution in [1.29, 1.82) is 0 Å². The standard InChI is InChI=1S/C11H15N3O4S/c1-19-5-4-8(12)11(16)13-9-6-7(14(17)18)2-3-10(9)15/h2-3,6,8,15H,4-5,12H2,1H3,(H,13,16)/t8-/m0/s1. The second-order valence-corrected chi connectivity index (χ2v) is 4.82. The smallest absolute Gasteiger partial charge is 0.271 e. The number of phenolic OH excluding ortho intramolecular Hbond substituents is 1.